The summed E-state index contributed by atoms with van der Waals surface area (Å²) in [5, 5.41) is 0. The van der Waals surface area contributed by atoms with Gasteiger partial charge in [-0.25, -0.2) is 0 Å². The van der Waals surface area contributed by atoms with Gasteiger partial charge in [-0.3, -0.25) is 0 Å². The standard InChI is InChI=1S/C10H8F6/c1-6-4-7(9(11,12)13)2-3-8(5-6)10(14,15)16/h2,4-5H,3H2,1H3. The molecule has 0 saturated carbocycles. The number of hydrogen-bond donors (Lipinski definition) is 0. The molecular weight excluding hydrogens is 234 g/mol. The van der Waals surface area contributed by atoms with Gasteiger partial charge >= 0.3 is 12.4 Å². The smallest absolute Gasteiger partial charge is 0.166 e. The summed E-state index contributed by atoms with van der Waals surface area (Å²) in [5.74, 6) is 0. The lowest BCUT2D eigenvalue weighted by molar-refractivity contribution is -0.0945. The maximum atomic E-state index is 12.3. The second-order valence-electron chi connectivity index (χ2n) is 3.42. The molecule has 1 rings (SSSR count). The largest absolute Gasteiger partial charge is 0.416 e. The highest BCUT2D eigenvalue weighted by Gasteiger charge is 2.36. The van der Waals surface area contributed by atoms with Gasteiger partial charge in [0.2, 0.25) is 0 Å². The first-order valence-corrected chi connectivity index (χ1v) is 4.34. The second-order valence-corrected chi connectivity index (χ2v) is 3.42. The Bertz CT molecular complexity index is 364. The summed E-state index contributed by atoms with van der Waals surface area (Å²) in [6, 6.07) is 0. The average Bonchev–Trinajstić information content (AvgIpc) is 2.24. The Morgan fingerprint density at radius 2 is 1.50 bits per heavy atom. The quantitative estimate of drug-likeness (QED) is 0.555. The summed E-state index contributed by atoms with van der Waals surface area (Å²) in [4.78, 5) is 0. The van der Waals surface area contributed by atoms with E-state index in [0.29, 0.717) is 12.2 Å². The molecule has 0 saturated heterocycles. The van der Waals surface area contributed by atoms with Crippen LogP contribution < -0.4 is 0 Å². The van der Waals surface area contributed by atoms with Crippen molar-refractivity contribution in [2.75, 3.05) is 0 Å². The fourth-order valence-electron chi connectivity index (χ4n) is 1.29. The maximum absolute atomic E-state index is 12.3. The highest BCUT2D eigenvalue weighted by Crippen LogP contribution is 2.35. The molecule has 90 valence electrons. The molecule has 0 N–H and O–H groups in total. The van der Waals surface area contributed by atoms with E-state index in [1.165, 1.54) is 6.92 Å². The molecule has 0 aromatic heterocycles. The summed E-state index contributed by atoms with van der Waals surface area (Å²) in [7, 11) is 0. The summed E-state index contributed by atoms with van der Waals surface area (Å²) in [6.45, 7) is 1.20. The van der Waals surface area contributed by atoms with Crippen molar-refractivity contribution >= 4 is 0 Å². The molecule has 0 aliphatic heterocycles. The highest BCUT2D eigenvalue weighted by molar-refractivity contribution is 5.39. The Balaban J connectivity index is 3.07. The lowest BCUT2D eigenvalue weighted by Gasteiger charge is -2.09. The van der Waals surface area contributed by atoms with E-state index in [0.717, 1.165) is 6.08 Å². The zero-order valence-corrected chi connectivity index (χ0v) is 8.21. The van der Waals surface area contributed by atoms with Crippen LogP contribution in [0.3, 0.4) is 0 Å². The van der Waals surface area contributed by atoms with Gasteiger partial charge in [-0.1, -0.05) is 17.7 Å². The summed E-state index contributed by atoms with van der Waals surface area (Å²) < 4.78 is 73.8. The van der Waals surface area contributed by atoms with Crippen molar-refractivity contribution in [1.29, 1.82) is 0 Å². The number of hydrogen-bond acceptors (Lipinski definition) is 0. The Hall–Kier alpha value is -1.20. The van der Waals surface area contributed by atoms with E-state index in [4.69, 9.17) is 0 Å². The van der Waals surface area contributed by atoms with E-state index in [1.807, 2.05) is 0 Å². The van der Waals surface area contributed by atoms with Crippen LogP contribution in [0.5, 0.6) is 0 Å². The van der Waals surface area contributed by atoms with Crippen molar-refractivity contribution in [1.82, 2.24) is 0 Å². The van der Waals surface area contributed by atoms with Gasteiger partial charge in [-0.05, 0) is 19.4 Å². The number of allylic oxidation sites excluding steroid dienone is 6. The minimum absolute atomic E-state index is 0.0617. The molecule has 0 nitrogen and oxygen atoms in total. The fourth-order valence-corrected chi connectivity index (χ4v) is 1.29. The molecule has 6 heteroatoms. The molecule has 0 radical (unpaired) electrons. The van der Waals surface area contributed by atoms with Crippen molar-refractivity contribution in [3.05, 3.63) is 34.9 Å². The summed E-state index contributed by atoms with van der Waals surface area (Å²) in [6.07, 6.45) is -7.97. The molecule has 0 bridgehead atoms. The van der Waals surface area contributed by atoms with Gasteiger partial charge in [0, 0.05) is 5.57 Å². The van der Waals surface area contributed by atoms with Crippen molar-refractivity contribution in [2.45, 2.75) is 25.7 Å². The van der Waals surface area contributed by atoms with Crippen LogP contribution in [-0.4, -0.2) is 12.4 Å². The van der Waals surface area contributed by atoms with Gasteiger partial charge in [0.15, 0.2) is 0 Å². The Kier molecular flexibility index (Phi) is 3.21. The predicted molar refractivity (Wildman–Crippen MR) is 46.7 cm³/mol. The molecule has 0 unspecified atom stereocenters. The van der Waals surface area contributed by atoms with Crippen molar-refractivity contribution in [3.8, 4) is 0 Å². The van der Waals surface area contributed by atoms with E-state index < -0.39 is 29.9 Å². The van der Waals surface area contributed by atoms with Gasteiger partial charge in [0.05, 0.1) is 5.57 Å². The second kappa shape index (κ2) is 3.99. The van der Waals surface area contributed by atoms with Crippen LogP contribution in [-0.2, 0) is 0 Å². The molecule has 1 aliphatic carbocycles. The molecule has 1 aliphatic rings. The monoisotopic (exact) mass is 242 g/mol. The molecule has 0 heterocycles. The lowest BCUT2D eigenvalue weighted by atomic mass is 10.1. The Morgan fingerprint density at radius 3 is 1.94 bits per heavy atom. The lowest BCUT2D eigenvalue weighted by Crippen LogP contribution is -2.12. The van der Waals surface area contributed by atoms with Crippen LogP contribution in [0.15, 0.2) is 34.9 Å². The zero-order chi connectivity index (χ0) is 12.6. The number of rotatable bonds is 0. The fraction of sp³-hybridized carbons (Fsp3) is 0.400. The average molecular weight is 242 g/mol. The third-order valence-corrected chi connectivity index (χ3v) is 2.02. The van der Waals surface area contributed by atoms with Crippen LogP contribution in [0.1, 0.15) is 13.3 Å². The Morgan fingerprint density at radius 1 is 0.938 bits per heavy atom. The molecule has 0 aromatic rings. The van der Waals surface area contributed by atoms with Gasteiger partial charge in [0.25, 0.3) is 0 Å². The van der Waals surface area contributed by atoms with E-state index in [1.54, 1.807) is 0 Å². The van der Waals surface area contributed by atoms with E-state index in [-0.39, 0.29) is 5.57 Å². The molecule has 0 spiro atoms. The van der Waals surface area contributed by atoms with Crippen LogP contribution in [0.2, 0.25) is 0 Å². The number of alkyl halides is 6. The molecule has 0 aromatic carbocycles. The van der Waals surface area contributed by atoms with E-state index >= 15 is 0 Å². The zero-order valence-electron chi connectivity index (χ0n) is 8.21. The van der Waals surface area contributed by atoms with Gasteiger partial charge in [-0.2, -0.15) is 26.3 Å². The molecule has 0 fully saturated rings. The topological polar surface area (TPSA) is 0 Å². The SMILES string of the molecule is CC1=CC(C(F)(F)F)=CCC(C(F)(F)F)=C1. The minimum Gasteiger partial charge on any atom is -0.166 e. The first kappa shape index (κ1) is 12.9. The van der Waals surface area contributed by atoms with E-state index in [9.17, 15) is 26.3 Å². The van der Waals surface area contributed by atoms with Crippen molar-refractivity contribution in [2.24, 2.45) is 0 Å². The normalized spacial score (nSPS) is 18.6. The first-order chi connectivity index (χ1) is 7.10. The van der Waals surface area contributed by atoms with Crippen LogP contribution >= 0.6 is 0 Å². The summed E-state index contributed by atoms with van der Waals surface area (Å²) >= 11 is 0. The minimum atomic E-state index is -4.61. The molecule has 0 amide bonds. The third kappa shape index (κ3) is 3.15. The van der Waals surface area contributed by atoms with Crippen molar-refractivity contribution < 1.29 is 26.3 Å². The highest BCUT2D eigenvalue weighted by atomic mass is 19.4. The maximum Gasteiger partial charge on any atom is 0.416 e. The van der Waals surface area contributed by atoms with Gasteiger partial charge in [-0.15, -0.1) is 0 Å². The predicted octanol–water partition coefficient (Wildman–Crippen LogP) is 4.31. The molecule has 0 atom stereocenters. The Labute approximate surface area is 87.9 Å². The molecular formula is C10H8F6. The summed E-state index contributed by atoms with van der Waals surface area (Å²) in [5.41, 5.74) is -2.07. The molecule has 16 heavy (non-hydrogen) atoms. The first-order valence-electron chi connectivity index (χ1n) is 4.34. The number of halogens is 6. The van der Waals surface area contributed by atoms with Gasteiger partial charge < -0.3 is 0 Å². The van der Waals surface area contributed by atoms with Crippen LogP contribution in [0, 0.1) is 0 Å². The van der Waals surface area contributed by atoms with Crippen LogP contribution in [0.4, 0.5) is 26.3 Å². The van der Waals surface area contributed by atoms with E-state index in [2.05, 4.69) is 0 Å². The van der Waals surface area contributed by atoms with Gasteiger partial charge in [0.1, 0.15) is 0 Å². The third-order valence-electron chi connectivity index (χ3n) is 2.02. The van der Waals surface area contributed by atoms with Crippen molar-refractivity contribution in [3.63, 3.8) is 0 Å². The van der Waals surface area contributed by atoms with Crippen LogP contribution in [0.25, 0.3) is 0 Å².